The molecule has 0 radical (unpaired) electrons. The molecule has 2 rings (SSSR count). The van der Waals surface area contributed by atoms with Gasteiger partial charge in [-0.2, -0.15) is 0 Å². The molecular formula is C17H22N2O. The van der Waals surface area contributed by atoms with E-state index < -0.39 is 0 Å². The van der Waals surface area contributed by atoms with Crippen LogP contribution in [-0.4, -0.2) is 18.1 Å². The van der Waals surface area contributed by atoms with E-state index in [0.717, 1.165) is 47.4 Å². The molecule has 0 saturated heterocycles. The molecule has 3 nitrogen and oxygen atoms in total. The molecular weight excluding hydrogens is 248 g/mol. The van der Waals surface area contributed by atoms with E-state index in [0.29, 0.717) is 6.61 Å². The third kappa shape index (κ3) is 3.81. The van der Waals surface area contributed by atoms with Crippen LogP contribution in [0.1, 0.15) is 26.0 Å². The van der Waals surface area contributed by atoms with E-state index in [-0.39, 0.29) is 0 Å². The van der Waals surface area contributed by atoms with Gasteiger partial charge in [0.2, 0.25) is 0 Å². The van der Waals surface area contributed by atoms with Crippen molar-refractivity contribution in [2.75, 3.05) is 13.2 Å². The number of fused-ring (bicyclic) bond motifs is 1. The maximum absolute atomic E-state index is 5.92. The second-order valence-corrected chi connectivity index (χ2v) is 4.96. The number of rotatable bonds is 7. The molecule has 1 aromatic carbocycles. The molecule has 1 N–H and O–H groups in total. The maximum Gasteiger partial charge on any atom is 0.130 e. The summed E-state index contributed by atoms with van der Waals surface area (Å²) >= 11 is 0. The van der Waals surface area contributed by atoms with Crippen molar-refractivity contribution in [1.82, 2.24) is 10.3 Å². The highest BCUT2D eigenvalue weighted by atomic mass is 16.5. The molecule has 3 heteroatoms. The number of nitrogens with one attached hydrogen (secondary N) is 1. The van der Waals surface area contributed by atoms with E-state index >= 15 is 0 Å². The predicted molar refractivity (Wildman–Crippen MR) is 84.0 cm³/mol. The summed E-state index contributed by atoms with van der Waals surface area (Å²) in [5.74, 6) is 0.907. The van der Waals surface area contributed by atoms with E-state index in [2.05, 4.69) is 29.9 Å². The average Bonchev–Trinajstić information content (AvgIpc) is 2.44. The molecule has 20 heavy (non-hydrogen) atoms. The van der Waals surface area contributed by atoms with Gasteiger partial charge in [-0.3, -0.25) is 4.98 Å². The number of pyridine rings is 1. The summed E-state index contributed by atoms with van der Waals surface area (Å²) < 4.78 is 5.92. The molecule has 0 atom stereocenters. The van der Waals surface area contributed by atoms with Crippen molar-refractivity contribution >= 4 is 10.9 Å². The number of aromatic nitrogens is 1. The van der Waals surface area contributed by atoms with Crippen LogP contribution in [0.15, 0.2) is 42.5 Å². The van der Waals surface area contributed by atoms with E-state index in [4.69, 9.17) is 4.74 Å². The van der Waals surface area contributed by atoms with E-state index in [1.165, 1.54) is 0 Å². The summed E-state index contributed by atoms with van der Waals surface area (Å²) in [5.41, 5.74) is 3.13. The van der Waals surface area contributed by atoms with Crippen LogP contribution >= 0.6 is 0 Å². The summed E-state index contributed by atoms with van der Waals surface area (Å²) in [5, 5.41) is 4.36. The molecule has 0 spiro atoms. The monoisotopic (exact) mass is 270 g/mol. The number of nitrogens with zero attached hydrogens (tertiary/aromatic N) is 1. The van der Waals surface area contributed by atoms with Gasteiger partial charge < -0.3 is 10.1 Å². The summed E-state index contributed by atoms with van der Waals surface area (Å²) in [4.78, 5) is 4.66. The first kappa shape index (κ1) is 14.5. The van der Waals surface area contributed by atoms with Gasteiger partial charge in [-0.05, 0) is 25.6 Å². The van der Waals surface area contributed by atoms with Crippen molar-refractivity contribution in [3.05, 3.63) is 48.2 Å². The molecule has 0 aliphatic carbocycles. The fraction of sp³-hybridized carbons (Fsp3) is 0.353. The summed E-state index contributed by atoms with van der Waals surface area (Å²) in [6.07, 6.45) is 0.874. The van der Waals surface area contributed by atoms with Gasteiger partial charge in [0.05, 0.1) is 17.8 Å². The van der Waals surface area contributed by atoms with Crippen LogP contribution < -0.4 is 10.1 Å². The molecule has 2 aromatic rings. The van der Waals surface area contributed by atoms with Crippen molar-refractivity contribution in [2.24, 2.45) is 0 Å². The SMILES string of the molecule is C=C(C)CCOc1cc(CNCC)nc2ccccc12. The Morgan fingerprint density at radius 3 is 2.90 bits per heavy atom. The first-order chi connectivity index (χ1) is 9.70. The smallest absolute Gasteiger partial charge is 0.130 e. The maximum atomic E-state index is 5.92. The van der Waals surface area contributed by atoms with Crippen LogP contribution in [0, 0.1) is 0 Å². The molecule has 1 aromatic heterocycles. The highest BCUT2D eigenvalue weighted by Gasteiger charge is 2.06. The second kappa shape index (κ2) is 7.06. The van der Waals surface area contributed by atoms with Crippen LogP contribution in [0.2, 0.25) is 0 Å². The van der Waals surface area contributed by atoms with E-state index in [1.807, 2.05) is 31.2 Å². The van der Waals surface area contributed by atoms with E-state index in [9.17, 15) is 0 Å². The minimum Gasteiger partial charge on any atom is -0.492 e. The fourth-order valence-corrected chi connectivity index (χ4v) is 1.99. The lowest BCUT2D eigenvalue weighted by Gasteiger charge is -2.11. The molecule has 0 aliphatic rings. The summed E-state index contributed by atoms with van der Waals surface area (Å²) in [6, 6.07) is 10.1. The minimum atomic E-state index is 0.657. The lowest BCUT2D eigenvalue weighted by atomic mass is 10.1. The number of hydrogen-bond donors (Lipinski definition) is 1. The topological polar surface area (TPSA) is 34.1 Å². The van der Waals surface area contributed by atoms with Gasteiger partial charge in [0.1, 0.15) is 5.75 Å². The zero-order valence-electron chi connectivity index (χ0n) is 12.3. The summed E-state index contributed by atoms with van der Waals surface area (Å²) in [7, 11) is 0. The lowest BCUT2D eigenvalue weighted by molar-refractivity contribution is 0.325. The molecule has 0 fully saturated rings. The van der Waals surface area contributed by atoms with Gasteiger partial charge in [0, 0.05) is 24.4 Å². The molecule has 0 aliphatic heterocycles. The molecule has 0 bridgehead atoms. The third-order valence-corrected chi connectivity index (χ3v) is 3.07. The van der Waals surface area contributed by atoms with Gasteiger partial charge >= 0.3 is 0 Å². The highest BCUT2D eigenvalue weighted by molar-refractivity contribution is 5.85. The molecule has 1 heterocycles. The standard InChI is InChI=1S/C17H22N2O/c1-4-18-12-14-11-17(20-10-9-13(2)3)15-7-5-6-8-16(15)19-14/h5-8,11,18H,2,4,9-10,12H2,1,3H3. The highest BCUT2D eigenvalue weighted by Crippen LogP contribution is 2.25. The quantitative estimate of drug-likeness (QED) is 0.779. The minimum absolute atomic E-state index is 0.657. The Morgan fingerprint density at radius 1 is 1.35 bits per heavy atom. The van der Waals surface area contributed by atoms with Crippen molar-refractivity contribution in [3.8, 4) is 5.75 Å². The largest absolute Gasteiger partial charge is 0.492 e. The first-order valence-electron chi connectivity index (χ1n) is 7.07. The predicted octanol–water partition coefficient (Wildman–Crippen LogP) is 3.69. The van der Waals surface area contributed by atoms with Gasteiger partial charge in [-0.1, -0.05) is 24.6 Å². The second-order valence-electron chi connectivity index (χ2n) is 4.96. The number of hydrogen-bond acceptors (Lipinski definition) is 3. The van der Waals surface area contributed by atoms with Crippen LogP contribution in [0.3, 0.4) is 0 Å². The average molecular weight is 270 g/mol. The molecule has 106 valence electrons. The van der Waals surface area contributed by atoms with Crippen LogP contribution in [0.25, 0.3) is 10.9 Å². The lowest BCUT2D eigenvalue weighted by Crippen LogP contribution is -2.13. The van der Waals surface area contributed by atoms with Crippen molar-refractivity contribution < 1.29 is 4.74 Å². The Balaban J connectivity index is 2.26. The van der Waals surface area contributed by atoms with Gasteiger partial charge in [0.15, 0.2) is 0 Å². The Labute approximate surface area is 120 Å². The first-order valence-corrected chi connectivity index (χ1v) is 7.07. The Morgan fingerprint density at radius 2 is 2.15 bits per heavy atom. The van der Waals surface area contributed by atoms with Gasteiger partial charge in [-0.25, -0.2) is 0 Å². The van der Waals surface area contributed by atoms with Gasteiger partial charge in [-0.15, -0.1) is 6.58 Å². The molecule has 0 amide bonds. The number of para-hydroxylation sites is 1. The van der Waals surface area contributed by atoms with Crippen LogP contribution in [0.5, 0.6) is 5.75 Å². The summed E-state index contributed by atoms with van der Waals surface area (Å²) in [6.45, 7) is 10.4. The molecule has 0 saturated carbocycles. The van der Waals surface area contributed by atoms with Crippen LogP contribution in [0.4, 0.5) is 0 Å². The Kier molecular flexibility index (Phi) is 5.13. The normalized spacial score (nSPS) is 10.7. The Bertz CT molecular complexity index is 593. The van der Waals surface area contributed by atoms with Crippen molar-refractivity contribution in [2.45, 2.75) is 26.8 Å². The van der Waals surface area contributed by atoms with Gasteiger partial charge in [0.25, 0.3) is 0 Å². The molecule has 0 unspecified atom stereocenters. The zero-order valence-corrected chi connectivity index (χ0v) is 12.3. The van der Waals surface area contributed by atoms with E-state index in [1.54, 1.807) is 0 Å². The van der Waals surface area contributed by atoms with Crippen molar-refractivity contribution in [3.63, 3.8) is 0 Å². The van der Waals surface area contributed by atoms with Crippen LogP contribution in [-0.2, 0) is 6.54 Å². The number of ether oxygens (including phenoxy) is 1. The van der Waals surface area contributed by atoms with Crippen molar-refractivity contribution in [1.29, 1.82) is 0 Å². The fourth-order valence-electron chi connectivity index (χ4n) is 1.99. The number of benzene rings is 1. The zero-order chi connectivity index (χ0) is 14.4. The third-order valence-electron chi connectivity index (χ3n) is 3.07. The Hall–Kier alpha value is -1.87.